The summed E-state index contributed by atoms with van der Waals surface area (Å²) < 4.78 is 32.5. The van der Waals surface area contributed by atoms with E-state index in [4.69, 9.17) is 5.73 Å². The molecular weight excluding hydrogens is 356 g/mol. The fourth-order valence-electron chi connectivity index (χ4n) is 2.75. The molecule has 26 heavy (non-hydrogen) atoms. The number of anilines is 2. The summed E-state index contributed by atoms with van der Waals surface area (Å²) >= 11 is 0. The molecule has 3 aromatic rings. The van der Waals surface area contributed by atoms with E-state index in [0.717, 1.165) is 17.7 Å². The van der Waals surface area contributed by atoms with Crippen LogP contribution in [0.2, 0.25) is 0 Å². The SMILES string of the molecule is Cc1ccc(N)c(C(=O)Nc2cccc3c(S(=O)(=O)O)ccc(O)c23)c1. The van der Waals surface area contributed by atoms with Crippen LogP contribution in [0.25, 0.3) is 10.8 Å². The summed E-state index contributed by atoms with van der Waals surface area (Å²) in [6.07, 6.45) is 0. The van der Waals surface area contributed by atoms with Crippen molar-refractivity contribution < 1.29 is 22.9 Å². The Morgan fingerprint density at radius 2 is 1.85 bits per heavy atom. The number of fused-ring (bicyclic) bond motifs is 1. The van der Waals surface area contributed by atoms with Gasteiger partial charge in [-0.25, -0.2) is 0 Å². The van der Waals surface area contributed by atoms with E-state index in [1.807, 2.05) is 6.92 Å². The zero-order chi connectivity index (χ0) is 19.1. The van der Waals surface area contributed by atoms with Crippen molar-refractivity contribution in [3.05, 3.63) is 59.7 Å². The second-order valence-electron chi connectivity index (χ2n) is 5.83. The maximum absolute atomic E-state index is 12.6. The number of hydrogen-bond donors (Lipinski definition) is 4. The molecule has 0 saturated heterocycles. The average molecular weight is 372 g/mol. The number of aryl methyl sites for hydroxylation is 1. The molecule has 8 heteroatoms. The Bertz CT molecular complexity index is 1140. The molecule has 0 saturated carbocycles. The predicted molar refractivity (Wildman–Crippen MR) is 99.0 cm³/mol. The molecule has 0 radical (unpaired) electrons. The number of rotatable bonds is 3. The van der Waals surface area contributed by atoms with Gasteiger partial charge in [0.1, 0.15) is 10.6 Å². The number of carbonyl (C=O) groups is 1. The minimum Gasteiger partial charge on any atom is -0.507 e. The van der Waals surface area contributed by atoms with Crippen LogP contribution in [0.3, 0.4) is 0 Å². The van der Waals surface area contributed by atoms with Crippen LogP contribution >= 0.6 is 0 Å². The van der Waals surface area contributed by atoms with Gasteiger partial charge in [-0.3, -0.25) is 9.35 Å². The first kappa shape index (κ1) is 17.7. The summed E-state index contributed by atoms with van der Waals surface area (Å²) in [5.74, 6) is -0.740. The highest BCUT2D eigenvalue weighted by Gasteiger charge is 2.19. The lowest BCUT2D eigenvalue weighted by atomic mass is 10.1. The third-order valence-electron chi connectivity index (χ3n) is 3.96. The Kier molecular flexibility index (Phi) is 4.31. The van der Waals surface area contributed by atoms with Gasteiger partial charge in [-0.1, -0.05) is 23.8 Å². The lowest BCUT2D eigenvalue weighted by molar-refractivity contribution is 0.102. The molecule has 1 amide bonds. The largest absolute Gasteiger partial charge is 0.507 e. The molecule has 5 N–H and O–H groups in total. The van der Waals surface area contributed by atoms with E-state index in [0.29, 0.717) is 0 Å². The van der Waals surface area contributed by atoms with Gasteiger partial charge in [0.15, 0.2) is 0 Å². The monoisotopic (exact) mass is 372 g/mol. The van der Waals surface area contributed by atoms with Gasteiger partial charge in [0.2, 0.25) is 0 Å². The number of carbonyl (C=O) groups excluding carboxylic acids is 1. The number of nitrogens with one attached hydrogen (secondary N) is 1. The summed E-state index contributed by atoms with van der Waals surface area (Å²) in [6.45, 7) is 1.82. The number of benzene rings is 3. The molecule has 0 bridgehead atoms. The molecule has 0 aliphatic rings. The van der Waals surface area contributed by atoms with Crippen LogP contribution in [0.1, 0.15) is 15.9 Å². The van der Waals surface area contributed by atoms with Gasteiger partial charge >= 0.3 is 0 Å². The lowest BCUT2D eigenvalue weighted by Gasteiger charge is -2.13. The maximum atomic E-state index is 12.6. The van der Waals surface area contributed by atoms with Crippen molar-refractivity contribution in [3.8, 4) is 5.75 Å². The van der Waals surface area contributed by atoms with Gasteiger partial charge in [-0.15, -0.1) is 0 Å². The standard InChI is InChI=1S/C18H16N2O5S/c1-10-5-6-13(19)12(9-10)18(22)20-14-4-2-3-11-16(26(23,24)25)8-7-15(21)17(11)14/h2-9,21H,19H2,1H3,(H,20,22)(H,23,24,25). The highest BCUT2D eigenvalue weighted by Crippen LogP contribution is 2.36. The molecule has 0 aliphatic heterocycles. The van der Waals surface area contributed by atoms with Crippen molar-refractivity contribution in [3.63, 3.8) is 0 Å². The molecule has 0 spiro atoms. The minimum atomic E-state index is -4.50. The Balaban J connectivity index is 2.15. The van der Waals surface area contributed by atoms with E-state index in [1.54, 1.807) is 18.2 Å². The molecule has 3 aromatic carbocycles. The Morgan fingerprint density at radius 3 is 2.54 bits per heavy atom. The quantitative estimate of drug-likeness (QED) is 0.413. The van der Waals surface area contributed by atoms with Gasteiger partial charge in [0.05, 0.1) is 11.3 Å². The summed E-state index contributed by atoms with van der Waals surface area (Å²) in [5.41, 5.74) is 7.43. The van der Waals surface area contributed by atoms with Gasteiger partial charge < -0.3 is 16.2 Å². The third kappa shape index (κ3) is 3.19. The lowest BCUT2D eigenvalue weighted by Crippen LogP contribution is -2.14. The summed E-state index contributed by atoms with van der Waals surface area (Å²) in [5, 5.41) is 13.0. The van der Waals surface area contributed by atoms with Crippen molar-refractivity contribution >= 4 is 38.2 Å². The number of aromatic hydroxyl groups is 1. The molecule has 0 aliphatic carbocycles. The van der Waals surface area contributed by atoms with E-state index >= 15 is 0 Å². The molecule has 0 heterocycles. The van der Waals surface area contributed by atoms with E-state index in [2.05, 4.69) is 5.32 Å². The van der Waals surface area contributed by atoms with Crippen molar-refractivity contribution in [2.45, 2.75) is 11.8 Å². The van der Waals surface area contributed by atoms with E-state index < -0.39 is 16.0 Å². The van der Waals surface area contributed by atoms with E-state index in [9.17, 15) is 22.9 Å². The molecule has 0 unspecified atom stereocenters. The first-order valence-electron chi connectivity index (χ1n) is 7.58. The first-order chi connectivity index (χ1) is 12.2. The number of hydrogen-bond acceptors (Lipinski definition) is 5. The second kappa shape index (κ2) is 6.32. The first-order valence-corrected chi connectivity index (χ1v) is 9.02. The van der Waals surface area contributed by atoms with E-state index in [1.165, 1.54) is 18.2 Å². The second-order valence-corrected chi connectivity index (χ2v) is 7.22. The summed E-state index contributed by atoms with van der Waals surface area (Å²) in [4.78, 5) is 12.2. The highest BCUT2D eigenvalue weighted by atomic mass is 32.2. The summed E-state index contributed by atoms with van der Waals surface area (Å²) in [6, 6.07) is 11.7. The van der Waals surface area contributed by atoms with Gasteiger partial charge in [0, 0.05) is 16.5 Å². The molecule has 3 rings (SSSR count). The fraction of sp³-hybridized carbons (Fsp3) is 0.0556. The zero-order valence-corrected chi connectivity index (χ0v) is 14.5. The van der Waals surface area contributed by atoms with Gasteiger partial charge in [-0.2, -0.15) is 8.42 Å². The predicted octanol–water partition coefficient (Wildman–Crippen LogP) is 2.94. The Labute approximate surface area is 149 Å². The number of phenols is 1. The number of amides is 1. The van der Waals surface area contributed by atoms with Crippen molar-refractivity contribution in [2.24, 2.45) is 0 Å². The van der Waals surface area contributed by atoms with Gasteiger partial charge in [0.25, 0.3) is 16.0 Å². The van der Waals surface area contributed by atoms with Crippen LogP contribution in [-0.2, 0) is 10.1 Å². The molecule has 134 valence electrons. The maximum Gasteiger partial charge on any atom is 0.295 e. The molecule has 0 aromatic heterocycles. The smallest absolute Gasteiger partial charge is 0.295 e. The fourth-order valence-corrected chi connectivity index (χ4v) is 3.43. The minimum absolute atomic E-state index is 0.0857. The highest BCUT2D eigenvalue weighted by molar-refractivity contribution is 7.86. The van der Waals surface area contributed by atoms with Crippen molar-refractivity contribution in [2.75, 3.05) is 11.1 Å². The van der Waals surface area contributed by atoms with Crippen LogP contribution in [0, 0.1) is 6.92 Å². The van der Waals surface area contributed by atoms with Crippen LogP contribution in [-0.4, -0.2) is 24.0 Å². The van der Waals surface area contributed by atoms with Crippen LogP contribution in [0.4, 0.5) is 11.4 Å². The molecular formula is C18H16N2O5S. The van der Waals surface area contributed by atoms with Gasteiger partial charge in [-0.05, 0) is 37.3 Å². The molecule has 0 fully saturated rings. The normalized spacial score (nSPS) is 11.5. The van der Waals surface area contributed by atoms with Crippen LogP contribution in [0.5, 0.6) is 5.75 Å². The zero-order valence-electron chi connectivity index (χ0n) is 13.7. The number of nitrogens with two attached hydrogens (primary N) is 1. The molecule has 0 atom stereocenters. The topological polar surface area (TPSA) is 130 Å². The molecule has 7 nitrogen and oxygen atoms in total. The Morgan fingerprint density at radius 1 is 1.12 bits per heavy atom. The third-order valence-corrected chi connectivity index (χ3v) is 4.87. The average Bonchev–Trinajstić information content (AvgIpc) is 2.56. The summed E-state index contributed by atoms with van der Waals surface area (Å²) in [7, 11) is -4.50. The number of nitrogen functional groups attached to an aromatic ring is 1. The van der Waals surface area contributed by atoms with Crippen molar-refractivity contribution in [1.29, 1.82) is 0 Å². The van der Waals surface area contributed by atoms with Crippen LogP contribution < -0.4 is 11.1 Å². The Hall–Kier alpha value is -3.10. The van der Waals surface area contributed by atoms with Crippen molar-refractivity contribution in [1.82, 2.24) is 0 Å². The van der Waals surface area contributed by atoms with Crippen LogP contribution in [0.15, 0.2) is 53.4 Å². The van der Waals surface area contributed by atoms with E-state index in [-0.39, 0.29) is 38.4 Å². The number of phenolic OH excluding ortho intramolecular Hbond substituents is 1.